The van der Waals surface area contributed by atoms with Crippen LogP contribution in [0.3, 0.4) is 0 Å². The third kappa shape index (κ3) is 2.67. The van der Waals surface area contributed by atoms with Gasteiger partial charge in [0.15, 0.2) is 0 Å². The van der Waals surface area contributed by atoms with E-state index in [1.54, 1.807) is 6.33 Å². The van der Waals surface area contributed by atoms with E-state index in [-0.39, 0.29) is 12.1 Å². The van der Waals surface area contributed by atoms with Gasteiger partial charge in [-0.25, -0.2) is 4.68 Å². The normalized spacial score (nSPS) is 19.6. The van der Waals surface area contributed by atoms with Crippen LogP contribution in [-0.2, 0) is 6.42 Å². The van der Waals surface area contributed by atoms with Crippen molar-refractivity contribution in [1.82, 2.24) is 14.8 Å². The highest BCUT2D eigenvalue weighted by atomic mass is 35.5. The monoisotopic (exact) mass is 338 g/mol. The van der Waals surface area contributed by atoms with Crippen LogP contribution in [-0.4, -0.2) is 14.8 Å². The second-order valence-electron chi connectivity index (χ2n) is 6.09. The number of benzene rings is 2. The van der Waals surface area contributed by atoms with Crippen LogP contribution >= 0.6 is 11.6 Å². The smallest absolute Gasteiger partial charge is 0.222 e. The van der Waals surface area contributed by atoms with Crippen molar-refractivity contribution < 1.29 is 0 Å². The van der Waals surface area contributed by atoms with E-state index < -0.39 is 0 Å². The lowest BCUT2D eigenvalue weighted by Gasteiger charge is -2.32. The first-order chi connectivity index (χ1) is 11.8. The van der Waals surface area contributed by atoms with E-state index in [0.29, 0.717) is 0 Å². The van der Waals surface area contributed by atoms with Crippen molar-refractivity contribution in [2.45, 2.75) is 31.8 Å². The van der Waals surface area contributed by atoms with Crippen molar-refractivity contribution in [2.24, 2.45) is 0 Å². The minimum atomic E-state index is 0.0771. The number of hydrogen-bond donors (Lipinski definition) is 1. The molecule has 0 radical (unpaired) electrons. The molecule has 0 fully saturated rings. The SMILES string of the molecule is CCc1ccc([C@@H]2C[C@H](c3ccccc3Cl)n3ncnc3N2)cc1. The van der Waals surface area contributed by atoms with Crippen molar-refractivity contribution in [3.8, 4) is 0 Å². The Labute approximate surface area is 146 Å². The van der Waals surface area contributed by atoms with Gasteiger partial charge in [0, 0.05) is 5.02 Å². The predicted octanol–water partition coefficient (Wildman–Crippen LogP) is 4.64. The van der Waals surface area contributed by atoms with Crippen LogP contribution in [0.1, 0.15) is 42.1 Å². The van der Waals surface area contributed by atoms with Crippen LogP contribution in [0.4, 0.5) is 5.95 Å². The first-order valence-corrected chi connectivity index (χ1v) is 8.63. The van der Waals surface area contributed by atoms with Gasteiger partial charge in [0.25, 0.3) is 0 Å². The molecule has 0 spiro atoms. The highest BCUT2D eigenvalue weighted by Gasteiger charge is 2.30. The van der Waals surface area contributed by atoms with E-state index in [9.17, 15) is 0 Å². The first-order valence-electron chi connectivity index (χ1n) is 8.25. The van der Waals surface area contributed by atoms with E-state index in [2.05, 4.69) is 52.7 Å². The molecule has 0 bridgehead atoms. The summed E-state index contributed by atoms with van der Waals surface area (Å²) in [6.07, 6.45) is 3.52. The number of aryl methyl sites for hydroxylation is 1. The van der Waals surface area contributed by atoms with Crippen LogP contribution in [0.15, 0.2) is 54.9 Å². The number of nitrogens with one attached hydrogen (secondary N) is 1. The molecular formula is C19H19ClN4. The minimum Gasteiger partial charge on any atom is -0.348 e. The Kier molecular flexibility index (Phi) is 3.98. The molecule has 1 N–H and O–H groups in total. The fraction of sp³-hybridized carbons (Fsp3) is 0.263. The van der Waals surface area contributed by atoms with Crippen LogP contribution in [0.2, 0.25) is 5.02 Å². The molecule has 4 nitrogen and oxygen atoms in total. The van der Waals surface area contributed by atoms with Crippen molar-refractivity contribution in [2.75, 3.05) is 5.32 Å². The van der Waals surface area contributed by atoms with Gasteiger partial charge >= 0.3 is 0 Å². The second kappa shape index (κ2) is 6.29. The van der Waals surface area contributed by atoms with E-state index in [1.165, 1.54) is 11.1 Å². The molecule has 0 unspecified atom stereocenters. The maximum atomic E-state index is 6.44. The van der Waals surface area contributed by atoms with Crippen LogP contribution < -0.4 is 5.32 Å². The number of anilines is 1. The fourth-order valence-electron chi connectivity index (χ4n) is 3.33. The van der Waals surface area contributed by atoms with Crippen LogP contribution in [0.5, 0.6) is 0 Å². The van der Waals surface area contributed by atoms with E-state index in [0.717, 1.165) is 29.4 Å². The standard InChI is InChI=1S/C19H19ClN4/c1-2-13-7-9-14(10-8-13)17-11-18(15-5-3-4-6-16(15)20)24-19(23-17)21-12-22-24/h3-10,12,17-18H,2,11H2,1H3,(H,21,22,23)/t17-,18+/m0/s1. The third-order valence-electron chi connectivity index (χ3n) is 4.69. The molecule has 0 amide bonds. The van der Waals surface area contributed by atoms with Gasteiger partial charge in [-0.1, -0.05) is 61.0 Å². The topological polar surface area (TPSA) is 42.7 Å². The van der Waals surface area contributed by atoms with Gasteiger partial charge in [-0.2, -0.15) is 10.1 Å². The molecule has 3 aromatic rings. The van der Waals surface area contributed by atoms with Crippen molar-refractivity contribution in [3.05, 3.63) is 76.6 Å². The van der Waals surface area contributed by atoms with Gasteiger partial charge in [0.1, 0.15) is 6.33 Å². The molecule has 4 rings (SSSR count). The summed E-state index contributed by atoms with van der Waals surface area (Å²) in [6.45, 7) is 2.17. The van der Waals surface area contributed by atoms with Gasteiger partial charge < -0.3 is 5.32 Å². The van der Waals surface area contributed by atoms with Crippen molar-refractivity contribution >= 4 is 17.5 Å². The zero-order valence-electron chi connectivity index (χ0n) is 13.5. The molecule has 0 saturated heterocycles. The quantitative estimate of drug-likeness (QED) is 0.756. The summed E-state index contributed by atoms with van der Waals surface area (Å²) >= 11 is 6.44. The molecule has 0 aliphatic carbocycles. The average molecular weight is 339 g/mol. The number of halogens is 1. The van der Waals surface area contributed by atoms with Crippen molar-refractivity contribution in [3.63, 3.8) is 0 Å². The summed E-state index contributed by atoms with van der Waals surface area (Å²) in [4.78, 5) is 4.37. The Morgan fingerprint density at radius 1 is 1.17 bits per heavy atom. The Morgan fingerprint density at radius 2 is 1.96 bits per heavy atom. The largest absolute Gasteiger partial charge is 0.348 e. The van der Waals surface area contributed by atoms with Gasteiger partial charge in [0.2, 0.25) is 5.95 Å². The van der Waals surface area contributed by atoms with Crippen LogP contribution in [0, 0.1) is 0 Å². The summed E-state index contributed by atoms with van der Waals surface area (Å²) < 4.78 is 1.93. The number of hydrogen-bond acceptors (Lipinski definition) is 3. The van der Waals surface area contributed by atoms with E-state index in [1.807, 2.05) is 22.9 Å². The number of nitrogens with zero attached hydrogens (tertiary/aromatic N) is 3. The third-order valence-corrected chi connectivity index (χ3v) is 5.03. The first kappa shape index (κ1) is 15.2. The molecule has 2 atom stereocenters. The lowest BCUT2D eigenvalue weighted by atomic mass is 9.93. The maximum absolute atomic E-state index is 6.44. The molecule has 1 aromatic heterocycles. The molecule has 2 heterocycles. The molecular weight excluding hydrogens is 320 g/mol. The fourth-order valence-corrected chi connectivity index (χ4v) is 3.59. The zero-order chi connectivity index (χ0) is 16.5. The highest BCUT2D eigenvalue weighted by molar-refractivity contribution is 6.31. The average Bonchev–Trinajstić information content (AvgIpc) is 3.10. The Morgan fingerprint density at radius 3 is 2.71 bits per heavy atom. The minimum absolute atomic E-state index is 0.0771. The summed E-state index contributed by atoms with van der Waals surface area (Å²) in [5, 5.41) is 8.66. The summed E-state index contributed by atoms with van der Waals surface area (Å²) in [6, 6.07) is 17.0. The predicted molar refractivity (Wildman–Crippen MR) is 96.4 cm³/mol. The van der Waals surface area contributed by atoms with E-state index >= 15 is 0 Å². The molecule has 122 valence electrons. The van der Waals surface area contributed by atoms with Crippen molar-refractivity contribution in [1.29, 1.82) is 0 Å². The number of aromatic nitrogens is 3. The summed E-state index contributed by atoms with van der Waals surface area (Å²) in [7, 11) is 0. The summed E-state index contributed by atoms with van der Waals surface area (Å²) in [5.41, 5.74) is 3.70. The lowest BCUT2D eigenvalue weighted by Crippen LogP contribution is -2.28. The Hall–Kier alpha value is -2.33. The van der Waals surface area contributed by atoms with Gasteiger partial charge in [0.05, 0.1) is 12.1 Å². The molecule has 0 saturated carbocycles. The molecule has 5 heteroatoms. The van der Waals surface area contributed by atoms with Crippen LogP contribution in [0.25, 0.3) is 0 Å². The Bertz CT molecular complexity index is 841. The zero-order valence-corrected chi connectivity index (χ0v) is 14.2. The second-order valence-corrected chi connectivity index (χ2v) is 6.50. The highest BCUT2D eigenvalue weighted by Crippen LogP contribution is 2.39. The van der Waals surface area contributed by atoms with Gasteiger partial charge in [-0.05, 0) is 35.6 Å². The van der Waals surface area contributed by atoms with E-state index in [4.69, 9.17) is 11.6 Å². The number of fused-ring (bicyclic) bond motifs is 1. The number of rotatable bonds is 3. The van der Waals surface area contributed by atoms with Gasteiger partial charge in [-0.15, -0.1) is 0 Å². The molecule has 2 aromatic carbocycles. The Balaban J connectivity index is 1.72. The lowest BCUT2D eigenvalue weighted by molar-refractivity contribution is 0.431. The maximum Gasteiger partial charge on any atom is 0.222 e. The molecule has 24 heavy (non-hydrogen) atoms. The molecule has 1 aliphatic rings. The van der Waals surface area contributed by atoms with Gasteiger partial charge in [-0.3, -0.25) is 0 Å². The summed E-state index contributed by atoms with van der Waals surface area (Å²) in [5.74, 6) is 0.788. The molecule has 1 aliphatic heterocycles.